The van der Waals surface area contributed by atoms with Crippen molar-refractivity contribution in [3.05, 3.63) is 90.0 Å². The largest absolute Gasteiger partial charge is 0.494 e. The predicted molar refractivity (Wildman–Crippen MR) is 133 cm³/mol. The maximum atomic E-state index is 13.7. The molecule has 0 atom stereocenters. The van der Waals surface area contributed by atoms with E-state index in [9.17, 15) is 14.4 Å². The highest BCUT2D eigenvalue weighted by Crippen LogP contribution is 2.36. The van der Waals surface area contributed by atoms with E-state index in [2.05, 4.69) is 15.6 Å². The Morgan fingerprint density at radius 1 is 1.03 bits per heavy atom. The average molecular weight is 487 g/mol. The van der Waals surface area contributed by atoms with Gasteiger partial charge in [0.2, 0.25) is 5.91 Å². The number of hydrogen-bond acceptors (Lipinski definition) is 6. The zero-order valence-electron chi connectivity index (χ0n) is 18.9. The number of amides is 4. The van der Waals surface area contributed by atoms with Gasteiger partial charge in [-0.2, -0.15) is 0 Å². The topological polar surface area (TPSA) is 101 Å². The molecule has 0 unspecified atom stereocenters. The molecule has 2 N–H and O–H groups in total. The summed E-state index contributed by atoms with van der Waals surface area (Å²) >= 11 is 1.29. The predicted octanol–water partition coefficient (Wildman–Crippen LogP) is 4.13. The molecule has 9 heteroatoms. The maximum Gasteiger partial charge on any atom is 0.326 e. The van der Waals surface area contributed by atoms with E-state index < -0.39 is 29.9 Å². The van der Waals surface area contributed by atoms with E-state index in [1.54, 1.807) is 48.5 Å². The number of benzene rings is 3. The molecule has 0 aliphatic carbocycles. The van der Waals surface area contributed by atoms with Crippen molar-refractivity contribution in [3.8, 4) is 5.75 Å². The van der Waals surface area contributed by atoms with Gasteiger partial charge in [-0.05, 0) is 36.2 Å². The molecule has 4 aromatic rings. The first kappa shape index (κ1) is 22.5. The highest BCUT2D eigenvalue weighted by atomic mass is 32.1. The van der Waals surface area contributed by atoms with E-state index >= 15 is 0 Å². The number of hydrogen-bond donors (Lipinski definition) is 2. The molecule has 1 aromatic heterocycles. The van der Waals surface area contributed by atoms with Crippen molar-refractivity contribution >= 4 is 44.5 Å². The Labute approximate surface area is 205 Å². The number of rotatable bonds is 7. The van der Waals surface area contributed by atoms with Crippen LogP contribution in [0.1, 0.15) is 18.1 Å². The minimum Gasteiger partial charge on any atom is -0.494 e. The lowest BCUT2D eigenvalue weighted by molar-refractivity contribution is -0.133. The molecule has 1 aliphatic heterocycles. The Kier molecular flexibility index (Phi) is 5.92. The second-order valence-corrected chi connectivity index (χ2v) is 8.96. The third-order valence-electron chi connectivity index (χ3n) is 5.74. The highest BCUT2D eigenvalue weighted by molar-refractivity contribution is 7.22. The van der Waals surface area contributed by atoms with Crippen LogP contribution in [0.3, 0.4) is 0 Å². The number of carbonyl (C=O) groups is 3. The van der Waals surface area contributed by atoms with Gasteiger partial charge in [0.1, 0.15) is 12.3 Å². The fraction of sp³-hybridized carbons (Fsp3) is 0.154. The lowest BCUT2D eigenvalue weighted by Gasteiger charge is -2.27. The van der Waals surface area contributed by atoms with E-state index in [0.717, 1.165) is 20.9 Å². The summed E-state index contributed by atoms with van der Waals surface area (Å²) in [6.45, 7) is 2.02. The molecule has 5 rings (SSSR count). The fourth-order valence-corrected chi connectivity index (χ4v) is 5.08. The first-order valence-corrected chi connectivity index (χ1v) is 11.9. The first-order valence-electron chi connectivity index (χ1n) is 11.1. The Balaban J connectivity index is 1.39. The van der Waals surface area contributed by atoms with Gasteiger partial charge in [0.25, 0.3) is 5.91 Å². The zero-order chi connectivity index (χ0) is 24.4. The van der Waals surface area contributed by atoms with Crippen molar-refractivity contribution in [2.45, 2.75) is 12.5 Å². The Morgan fingerprint density at radius 2 is 1.69 bits per heavy atom. The summed E-state index contributed by atoms with van der Waals surface area (Å²) in [5.41, 5.74) is 0.536. The smallest absolute Gasteiger partial charge is 0.326 e. The van der Waals surface area contributed by atoms with Gasteiger partial charge in [-0.15, -0.1) is 0 Å². The molecule has 1 saturated heterocycles. The van der Waals surface area contributed by atoms with E-state index in [1.807, 2.05) is 37.3 Å². The third-order valence-corrected chi connectivity index (χ3v) is 6.67. The van der Waals surface area contributed by atoms with Crippen LogP contribution in [0.4, 0.5) is 9.93 Å². The maximum absolute atomic E-state index is 13.7. The summed E-state index contributed by atoms with van der Waals surface area (Å²) in [4.78, 5) is 44.9. The van der Waals surface area contributed by atoms with Crippen LogP contribution in [0, 0.1) is 0 Å². The van der Waals surface area contributed by atoms with Crippen molar-refractivity contribution in [3.63, 3.8) is 0 Å². The molecule has 176 valence electrons. The second kappa shape index (κ2) is 9.19. The summed E-state index contributed by atoms with van der Waals surface area (Å²) in [6, 6.07) is 22.9. The normalized spacial score (nSPS) is 14.7. The lowest BCUT2D eigenvalue weighted by atomic mass is 9.82. The number of ether oxygens (including phenoxy) is 1. The number of nitrogens with one attached hydrogen (secondary N) is 2. The van der Waals surface area contributed by atoms with Crippen LogP contribution in [0.2, 0.25) is 0 Å². The van der Waals surface area contributed by atoms with Crippen LogP contribution in [-0.4, -0.2) is 40.9 Å². The molecule has 1 aliphatic rings. The summed E-state index contributed by atoms with van der Waals surface area (Å²) in [7, 11) is 0. The summed E-state index contributed by atoms with van der Waals surface area (Å²) in [5.74, 6) is -0.311. The monoisotopic (exact) mass is 486 g/mol. The molecule has 4 amide bonds. The molecule has 0 radical (unpaired) electrons. The van der Waals surface area contributed by atoms with Gasteiger partial charge in [-0.3, -0.25) is 14.5 Å². The van der Waals surface area contributed by atoms with Gasteiger partial charge in [-0.1, -0.05) is 72.0 Å². The van der Waals surface area contributed by atoms with E-state index in [-0.39, 0.29) is 0 Å². The van der Waals surface area contributed by atoms with Crippen LogP contribution in [0.15, 0.2) is 78.9 Å². The Morgan fingerprint density at radius 3 is 2.31 bits per heavy atom. The first-order chi connectivity index (χ1) is 17.0. The van der Waals surface area contributed by atoms with Crippen LogP contribution >= 0.6 is 11.3 Å². The zero-order valence-corrected chi connectivity index (χ0v) is 19.7. The van der Waals surface area contributed by atoms with E-state index in [1.165, 1.54) is 11.3 Å². The molecular formula is C26H22N4O4S. The number of thiazole rings is 1. The molecular weight excluding hydrogens is 464 g/mol. The molecule has 0 saturated carbocycles. The number of nitrogens with zero attached hydrogens (tertiary/aromatic N) is 2. The second-order valence-electron chi connectivity index (χ2n) is 7.93. The molecule has 1 fully saturated rings. The summed E-state index contributed by atoms with van der Waals surface area (Å²) in [6.07, 6.45) is 0. The molecule has 0 spiro atoms. The molecule has 35 heavy (non-hydrogen) atoms. The van der Waals surface area contributed by atoms with Gasteiger partial charge < -0.3 is 15.4 Å². The standard InChI is InChI=1S/C26H22N4O4S/c1-2-34-19-13-14-20-21(15-19)35-24(27-20)28-22(31)16-30-23(32)26(29-25(30)33,17-9-5-3-6-10-17)18-11-7-4-8-12-18/h3-15H,2,16H2,1H3,(H,29,33)(H,27,28,31). The van der Waals surface area contributed by atoms with Crippen LogP contribution in [0.25, 0.3) is 10.2 Å². The van der Waals surface area contributed by atoms with Crippen molar-refractivity contribution < 1.29 is 19.1 Å². The third kappa shape index (κ3) is 4.10. The number of imide groups is 1. The molecule has 3 aromatic carbocycles. The van der Waals surface area contributed by atoms with Crippen molar-refractivity contribution in [1.29, 1.82) is 0 Å². The van der Waals surface area contributed by atoms with Crippen LogP contribution in [-0.2, 0) is 15.1 Å². The number of carbonyl (C=O) groups excluding carboxylic acids is 3. The van der Waals surface area contributed by atoms with Gasteiger partial charge in [-0.25, -0.2) is 9.78 Å². The van der Waals surface area contributed by atoms with Crippen molar-refractivity contribution in [2.75, 3.05) is 18.5 Å². The molecule has 8 nitrogen and oxygen atoms in total. The average Bonchev–Trinajstić information content (AvgIpc) is 3.38. The van der Waals surface area contributed by atoms with E-state index in [0.29, 0.717) is 22.9 Å². The SMILES string of the molecule is CCOc1ccc2nc(NC(=O)CN3C(=O)NC(c4ccccc4)(c4ccccc4)C3=O)sc2c1. The van der Waals surface area contributed by atoms with Crippen molar-refractivity contribution in [1.82, 2.24) is 15.2 Å². The number of aromatic nitrogens is 1. The van der Waals surface area contributed by atoms with Gasteiger partial charge >= 0.3 is 6.03 Å². The van der Waals surface area contributed by atoms with Crippen LogP contribution < -0.4 is 15.4 Å². The quantitative estimate of drug-likeness (QED) is 0.383. The fourth-order valence-electron chi connectivity index (χ4n) is 4.17. The number of anilines is 1. The van der Waals surface area contributed by atoms with Gasteiger partial charge in [0.05, 0.1) is 16.8 Å². The van der Waals surface area contributed by atoms with Crippen molar-refractivity contribution in [2.24, 2.45) is 0 Å². The number of fused-ring (bicyclic) bond motifs is 1. The highest BCUT2D eigenvalue weighted by Gasteiger charge is 2.54. The number of urea groups is 1. The minimum atomic E-state index is -1.41. The summed E-state index contributed by atoms with van der Waals surface area (Å²) < 4.78 is 6.37. The van der Waals surface area contributed by atoms with E-state index in [4.69, 9.17) is 4.74 Å². The Bertz CT molecular complexity index is 1370. The minimum absolute atomic E-state index is 0.378. The molecule has 2 heterocycles. The van der Waals surface area contributed by atoms with Crippen LogP contribution in [0.5, 0.6) is 5.75 Å². The lowest BCUT2D eigenvalue weighted by Crippen LogP contribution is -2.45. The Hall–Kier alpha value is -4.24. The molecule has 0 bridgehead atoms. The summed E-state index contributed by atoms with van der Waals surface area (Å²) in [5, 5.41) is 5.93. The van der Waals surface area contributed by atoms with Gasteiger partial charge in [0.15, 0.2) is 10.7 Å². The van der Waals surface area contributed by atoms with Gasteiger partial charge in [0, 0.05) is 0 Å².